The van der Waals surface area contributed by atoms with Gasteiger partial charge < -0.3 is 5.32 Å². The number of sulfonamides is 1. The van der Waals surface area contributed by atoms with E-state index in [4.69, 9.17) is 0 Å². The summed E-state index contributed by atoms with van der Waals surface area (Å²) < 4.78 is 29.9. The molecule has 182 valence electrons. The van der Waals surface area contributed by atoms with Gasteiger partial charge in [-0.3, -0.25) is 0 Å². The van der Waals surface area contributed by atoms with Crippen molar-refractivity contribution in [3.05, 3.63) is 125 Å². The summed E-state index contributed by atoms with van der Waals surface area (Å²) >= 11 is 0. The molecule has 3 aromatic rings. The zero-order chi connectivity index (χ0) is 24.5. The van der Waals surface area contributed by atoms with Crippen molar-refractivity contribution < 1.29 is 8.42 Å². The van der Waals surface area contributed by atoms with E-state index in [-0.39, 0.29) is 10.9 Å². The van der Waals surface area contributed by atoms with Gasteiger partial charge in [0.1, 0.15) is 0 Å². The maximum absolute atomic E-state index is 13.4. The summed E-state index contributed by atoms with van der Waals surface area (Å²) in [6.45, 7) is 2.74. The van der Waals surface area contributed by atoms with Crippen LogP contribution in [0.4, 0.5) is 0 Å². The topological polar surface area (TPSA) is 58.2 Å². The molecule has 35 heavy (non-hydrogen) atoms. The highest BCUT2D eigenvalue weighted by molar-refractivity contribution is 7.89. The van der Waals surface area contributed by atoms with Crippen LogP contribution in [0, 0.1) is 6.92 Å². The van der Waals surface area contributed by atoms with Crippen LogP contribution < -0.4 is 10.0 Å². The molecule has 4 rings (SSSR count). The molecule has 1 aliphatic carbocycles. The summed E-state index contributed by atoms with van der Waals surface area (Å²) in [6, 6.07) is 26.2. The van der Waals surface area contributed by atoms with Gasteiger partial charge in [0, 0.05) is 0 Å². The largest absolute Gasteiger partial charge is 0.308 e. The van der Waals surface area contributed by atoms with Crippen LogP contribution >= 0.6 is 0 Å². The van der Waals surface area contributed by atoms with Gasteiger partial charge in [-0.25, -0.2) is 13.1 Å². The summed E-state index contributed by atoms with van der Waals surface area (Å²) in [4.78, 5) is 0.271. The molecule has 0 bridgehead atoms. The lowest BCUT2D eigenvalue weighted by molar-refractivity contribution is 0.420. The van der Waals surface area contributed by atoms with Crippen LogP contribution in [0.3, 0.4) is 0 Å². The minimum atomic E-state index is -3.73. The van der Waals surface area contributed by atoms with E-state index < -0.39 is 16.1 Å². The highest BCUT2D eigenvalue weighted by Crippen LogP contribution is 2.31. The molecule has 0 aromatic heterocycles. The standard InChI is InChI=1S/C30H34N2O2S/c1-24-19-21-28(22-20-24)35(33,34)32-30(27-17-9-4-10-18-27)29(26-15-7-3-8-16-26)31-23-11-14-25-12-5-2-6-13-25/h2-5,7-10,13,15-22,29-32H,6,11-12,14,23H2,1H3/t29?,30-/m1/s1. The van der Waals surface area contributed by atoms with Gasteiger partial charge in [0.15, 0.2) is 0 Å². The summed E-state index contributed by atoms with van der Waals surface area (Å²) in [5.74, 6) is 0. The van der Waals surface area contributed by atoms with Crippen LogP contribution in [0.25, 0.3) is 0 Å². The first-order chi connectivity index (χ1) is 17.0. The lowest BCUT2D eigenvalue weighted by Crippen LogP contribution is -2.39. The van der Waals surface area contributed by atoms with E-state index in [9.17, 15) is 8.42 Å². The molecule has 0 fully saturated rings. The Morgan fingerprint density at radius 3 is 2.03 bits per heavy atom. The van der Waals surface area contributed by atoms with Crippen molar-refractivity contribution in [2.75, 3.05) is 6.54 Å². The summed E-state index contributed by atoms with van der Waals surface area (Å²) in [7, 11) is -3.73. The van der Waals surface area contributed by atoms with E-state index in [1.165, 1.54) is 5.57 Å². The fourth-order valence-corrected chi connectivity index (χ4v) is 5.69. The lowest BCUT2D eigenvalue weighted by atomic mass is 9.93. The molecule has 5 heteroatoms. The summed E-state index contributed by atoms with van der Waals surface area (Å²) in [5.41, 5.74) is 4.47. The third-order valence-electron chi connectivity index (χ3n) is 6.39. The van der Waals surface area contributed by atoms with Crippen molar-refractivity contribution in [2.24, 2.45) is 0 Å². The Bertz CT molecular complexity index is 1230. The second-order valence-corrected chi connectivity index (χ2v) is 10.8. The Morgan fingerprint density at radius 2 is 1.43 bits per heavy atom. The number of hydrogen-bond donors (Lipinski definition) is 2. The number of benzene rings is 3. The SMILES string of the molecule is Cc1ccc(S(=O)(=O)N[C@H](c2ccccc2)C(NCCCC2=CCC=CC2)c2ccccc2)cc1. The molecular weight excluding hydrogens is 452 g/mol. The molecule has 0 amide bonds. The van der Waals surface area contributed by atoms with Crippen LogP contribution in [0.5, 0.6) is 0 Å². The Morgan fingerprint density at radius 1 is 0.800 bits per heavy atom. The van der Waals surface area contributed by atoms with Gasteiger partial charge in [-0.15, -0.1) is 0 Å². The molecule has 2 N–H and O–H groups in total. The van der Waals surface area contributed by atoms with Crippen LogP contribution in [0.2, 0.25) is 0 Å². The molecule has 1 aliphatic rings. The Kier molecular flexibility index (Phi) is 8.69. The van der Waals surface area contributed by atoms with Gasteiger partial charge >= 0.3 is 0 Å². The number of aryl methyl sites for hydroxylation is 1. The number of nitrogens with one attached hydrogen (secondary N) is 2. The van der Waals surface area contributed by atoms with Crippen molar-refractivity contribution >= 4 is 10.0 Å². The summed E-state index contributed by atoms with van der Waals surface area (Å²) in [5, 5.41) is 3.69. The fourth-order valence-electron chi connectivity index (χ4n) is 4.46. The fraction of sp³-hybridized carbons (Fsp3) is 0.267. The second kappa shape index (κ2) is 12.1. The Hall–Kier alpha value is -2.99. The van der Waals surface area contributed by atoms with Gasteiger partial charge in [-0.2, -0.15) is 0 Å². The van der Waals surface area contributed by atoms with Gasteiger partial charge in [0.2, 0.25) is 10.0 Å². The molecule has 4 nitrogen and oxygen atoms in total. The van der Waals surface area contributed by atoms with Crippen LogP contribution in [0.15, 0.2) is 114 Å². The van der Waals surface area contributed by atoms with Gasteiger partial charge in [-0.1, -0.05) is 102 Å². The monoisotopic (exact) mass is 486 g/mol. The first kappa shape index (κ1) is 25.1. The predicted molar refractivity (Wildman–Crippen MR) is 144 cm³/mol. The first-order valence-electron chi connectivity index (χ1n) is 12.3. The molecule has 2 atom stereocenters. The maximum atomic E-state index is 13.4. The first-order valence-corrected chi connectivity index (χ1v) is 13.8. The zero-order valence-electron chi connectivity index (χ0n) is 20.2. The third kappa shape index (κ3) is 7.01. The minimum Gasteiger partial charge on any atom is -0.308 e. The van der Waals surface area contributed by atoms with Crippen molar-refractivity contribution in [1.29, 1.82) is 0 Å². The number of allylic oxidation sites excluding steroid dienone is 4. The molecule has 0 saturated carbocycles. The van der Waals surface area contributed by atoms with E-state index in [2.05, 4.69) is 40.4 Å². The number of rotatable bonds is 11. The normalized spacial score (nSPS) is 15.4. The van der Waals surface area contributed by atoms with E-state index in [1.54, 1.807) is 12.1 Å². The third-order valence-corrected chi connectivity index (χ3v) is 7.85. The van der Waals surface area contributed by atoms with Gasteiger partial charge in [0.05, 0.1) is 17.0 Å². The predicted octanol–water partition coefficient (Wildman–Crippen LogP) is 6.40. The molecule has 0 radical (unpaired) electrons. The van der Waals surface area contributed by atoms with Crippen molar-refractivity contribution in [1.82, 2.24) is 10.0 Å². The lowest BCUT2D eigenvalue weighted by Gasteiger charge is -2.30. The van der Waals surface area contributed by atoms with Crippen molar-refractivity contribution in [3.8, 4) is 0 Å². The second-order valence-electron chi connectivity index (χ2n) is 9.04. The molecule has 0 saturated heterocycles. The summed E-state index contributed by atoms with van der Waals surface area (Å²) in [6.07, 6.45) is 10.9. The van der Waals surface area contributed by atoms with E-state index >= 15 is 0 Å². The molecule has 1 unspecified atom stereocenters. The maximum Gasteiger partial charge on any atom is 0.241 e. The molecule has 3 aromatic carbocycles. The number of hydrogen-bond acceptors (Lipinski definition) is 3. The van der Waals surface area contributed by atoms with Crippen molar-refractivity contribution in [2.45, 2.75) is 49.6 Å². The van der Waals surface area contributed by atoms with Crippen molar-refractivity contribution in [3.63, 3.8) is 0 Å². The minimum absolute atomic E-state index is 0.223. The molecule has 0 heterocycles. The van der Waals surface area contributed by atoms with Gasteiger partial charge in [-0.05, 0) is 62.4 Å². The van der Waals surface area contributed by atoms with E-state index in [1.807, 2.05) is 67.6 Å². The molecule has 0 aliphatic heterocycles. The highest BCUT2D eigenvalue weighted by Gasteiger charge is 2.29. The van der Waals surface area contributed by atoms with Gasteiger partial charge in [0.25, 0.3) is 0 Å². The van der Waals surface area contributed by atoms with Crippen LogP contribution in [-0.2, 0) is 10.0 Å². The highest BCUT2D eigenvalue weighted by atomic mass is 32.2. The Labute approximate surface area is 209 Å². The average Bonchev–Trinajstić information content (AvgIpc) is 2.89. The quantitative estimate of drug-likeness (QED) is 0.243. The smallest absolute Gasteiger partial charge is 0.241 e. The van der Waals surface area contributed by atoms with Crippen LogP contribution in [0.1, 0.15) is 54.5 Å². The average molecular weight is 487 g/mol. The van der Waals surface area contributed by atoms with Crippen LogP contribution in [-0.4, -0.2) is 15.0 Å². The van der Waals surface area contributed by atoms with E-state index in [0.717, 1.165) is 48.9 Å². The zero-order valence-corrected chi connectivity index (χ0v) is 21.0. The molecular formula is C30H34N2O2S. The molecule has 0 spiro atoms. The van der Waals surface area contributed by atoms with E-state index in [0.29, 0.717) is 0 Å². The Balaban J connectivity index is 1.60.